The van der Waals surface area contributed by atoms with Gasteiger partial charge in [-0.3, -0.25) is 0 Å². The molecule has 0 saturated heterocycles. The molecule has 0 atom stereocenters. The first-order valence-corrected chi connectivity index (χ1v) is 12.2. The van der Waals surface area contributed by atoms with Crippen LogP contribution in [-0.2, 0) is 27.7 Å². The molecule has 0 N–H and O–H groups in total. The predicted molar refractivity (Wildman–Crippen MR) is 73.0 cm³/mol. The van der Waals surface area contributed by atoms with E-state index < -0.39 is 6.88 Å². The topological polar surface area (TPSA) is 34.1 Å². The molecule has 0 bridgehead atoms. The molecule has 0 spiro atoms. The van der Waals surface area contributed by atoms with E-state index in [4.69, 9.17) is 0 Å². The van der Waals surface area contributed by atoms with Gasteiger partial charge in [0.25, 0.3) is 0 Å². The van der Waals surface area contributed by atoms with Gasteiger partial charge in [-0.1, -0.05) is 0 Å². The molecule has 0 aromatic carbocycles. The molecule has 2 nitrogen and oxygen atoms in total. The zero-order valence-corrected chi connectivity index (χ0v) is 14.6. The number of rotatable bonds is 13. The van der Waals surface area contributed by atoms with Crippen molar-refractivity contribution in [2.75, 3.05) is 5.75 Å². The molecule has 17 heavy (non-hydrogen) atoms. The Labute approximate surface area is 119 Å². The second-order valence-corrected chi connectivity index (χ2v) is 9.94. The van der Waals surface area contributed by atoms with Crippen molar-refractivity contribution in [2.45, 2.75) is 67.9 Å². The van der Waals surface area contributed by atoms with Crippen molar-refractivity contribution in [1.29, 1.82) is 0 Å². The predicted octanol–water partition coefficient (Wildman–Crippen LogP) is 5.87. The summed E-state index contributed by atoms with van der Waals surface area (Å²) in [5, 5.41) is 0. The molecule has 0 aromatic heterocycles. The summed E-state index contributed by atoms with van der Waals surface area (Å²) in [6, 6.07) is 0. The van der Waals surface area contributed by atoms with Crippen LogP contribution in [0.15, 0.2) is 0 Å². The Hall–Kier alpha value is 0.938. The van der Waals surface area contributed by atoms with E-state index >= 15 is 0 Å². The molecule has 0 aliphatic rings. The van der Waals surface area contributed by atoms with Crippen molar-refractivity contribution < 1.29 is 27.7 Å². The van der Waals surface area contributed by atoms with E-state index in [1.165, 1.54) is 54.6 Å². The average Bonchev–Trinajstić information content (AvgIpc) is 2.30. The van der Waals surface area contributed by atoms with Gasteiger partial charge >= 0.3 is 120 Å². The summed E-state index contributed by atoms with van der Waals surface area (Å²) < 4.78 is 20.6. The van der Waals surface area contributed by atoms with Gasteiger partial charge in [-0.25, -0.2) is 0 Å². The Kier molecular flexibility index (Phi) is 15.8. The van der Waals surface area contributed by atoms with Crippen molar-refractivity contribution in [3.05, 3.63) is 0 Å². The van der Waals surface area contributed by atoms with Crippen LogP contribution in [0.3, 0.4) is 0 Å². The van der Waals surface area contributed by atoms with Crippen molar-refractivity contribution in [1.82, 2.24) is 0 Å². The van der Waals surface area contributed by atoms with Crippen LogP contribution >= 0.6 is 18.3 Å². The van der Waals surface area contributed by atoms with Crippen LogP contribution in [0.4, 0.5) is 0 Å². The normalized spacial score (nSPS) is 10.6. The third-order valence-corrected chi connectivity index (χ3v) is 7.22. The van der Waals surface area contributed by atoms with Crippen molar-refractivity contribution >= 4 is 18.3 Å². The van der Waals surface area contributed by atoms with Crippen LogP contribution in [0, 0.1) is 0 Å². The molecule has 0 aliphatic carbocycles. The van der Waals surface area contributed by atoms with Crippen LogP contribution in [0.5, 0.6) is 0 Å². The summed E-state index contributed by atoms with van der Waals surface area (Å²) >= 11 is 1.32. The monoisotopic (exact) mass is 362 g/mol. The molecule has 102 valence electrons. The van der Waals surface area contributed by atoms with Gasteiger partial charge in [-0.15, -0.1) is 0 Å². The van der Waals surface area contributed by atoms with E-state index in [0.717, 1.165) is 23.6 Å². The fourth-order valence-corrected chi connectivity index (χ4v) is 5.36. The Morgan fingerprint density at radius 2 is 1.47 bits per heavy atom. The van der Waals surface area contributed by atoms with E-state index in [1.807, 2.05) is 0 Å². The standard InChI is InChI=1S/C8H17.C4H8O2PS.Mo/c1-3-5-7-8-6-4-2;1-2-3-4-8-7(5)6;/h1,3-8H2,2H3;1-4H2;. The average molecular weight is 360 g/mol. The summed E-state index contributed by atoms with van der Waals surface area (Å²) in [6.45, 7) is 0.0467. The van der Waals surface area contributed by atoms with Gasteiger partial charge < -0.3 is 0 Å². The van der Waals surface area contributed by atoms with Gasteiger partial charge in [-0.05, 0) is 0 Å². The molecular weight excluding hydrogens is 335 g/mol. The van der Waals surface area contributed by atoms with E-state index in [9.17, 15) is 9.13 Å². The molecule has 0 radical (unpaired) electrons. The van der Waals surface area contributed by atoms with Crippen LogP contribution < -0.4 is 0 Å². The first kappa shape index (κ1) is 17.9. The third kappa shape index (κ3) is 16.9. The Morgan fingerprint density at radius 3 is 2.12 bits per heavy atom. The second-order valence-electron chi connectivity index (χ2n) is 4.14. The van der Waals surface area contributed by atoms with Crippen molar-refractivity contribution in [2.24, 2.45) is 0 Å². The molecule has 0 saturated carbocycles. The number of unbranched alkanes of at least 4 members (excludes halogenated alkanes) is 6. The maximum atomic E-state index is 10.3. The fraction of sp³-hybridized carbons (Fsp3) is 1.00. The minimum atomic E-state index is -2.21. The first-order valence-electron chi connectivity index (χ1n) is 6.62. The first-order chi connectivity index (χ1) is 8.27. The maximum absolute atomic E-state index is 10.3. The number of hydrogen-bond donors (Lipinski definition) is 0. The zero-order valence-electron chi connectivity index (χ0n) is 10.9. The zero-order chi connectivity index (χ0) is 12.8. The van der Waals surface area contributed by atoms with Crippen LogP contribution in [0.25, 0.3) is 0 Å². The quantitative estimate of drug-likeness (QED) is 0.234. The van der Waals surface area contributed by atoms with Crippen LogP contribution in [0.1, 0.15) is 58.3 Å². The minimum absolute atomic E-state index is 0.238. The molecule has 0 heterocycles. The molecule has 0 rings (SSSR count). The summed E-state index contributed by atoms with van der Waals surface area (Å²) in [5.74, 6) is 0.794. The summed E-state index contributed by atoms with van der Waals surface area (Å²) in [4.78, 5) is 2.89. The molecule has 0 fully saturated rings. The van der Waals surface area contributed by atoms with Gasteiger partial charge in [0.15, 0.2) is 0 Å². The van der Waals surface area contributed by atoms with Crippen molar-refractivity contribution in [3.63, 3.8) is 0 Å². The van der Waals surface area contributed by atoms with E-state index in [0.29, 0.717) is 0 Å². The summed E-state index contributed by atoms with van der Waals surface area (Å²) in [7, 11) is 0. The summed E-state index contributed by atoms with van der Waals surface area (Å²) in [6.07, 6.45) is 10.8. The molecule has 0 unspecified atom stereocenters. The van der Waals surface area contributed by atoms with E-state index in [-0.39, 0.29) is 18.6 Å². The van der Waals surface area contributed by atoms with Crippen LogP contribution in [-0.4, -0.2) is 5.75 Å². The van der Waals surface area contributed by atoms with Gasteiger partial charge in [0.05, 0.1) is 0 Å². The summed E-state index contributed by atoms with van der Waals surface area (Å²) in [5.41, 5.74) is 0. The van der Waals surface area contributed by atoms with Gasteiger partial charge in [0.2, 0.25) is 0 Å². The molecule has 0 amide bonds. The Morgan fingerprint density at radius 1 is 0.882 bits per heavy atom. The Balaban J connectivity index is 2.94. The number of hydrogen-bond acceptors (Lipinski definition) is 3. The van der Waals surface area contributed by atoms with Gasteiger partial charge in [0, 0.05) is 0 Å². The van der Waals surface area contributed by atoms with Gasteiger partial charge in [-0.2, -0.15) is 0 Å². The van der Waals surface area contributed by atoms with Gasteiger partial charge in [0.1, 0.15) is 0 Å². The van der Waals surface area contributed by atoms with Crippen molar-refractivity contribution in [3.8, 4) is 0 Å². The Bertz CT molecular complexity index is 215. The fourth-order valence-electron chi connectivity index (χ4n) is 1.53. The molecular formula is C12H25MoO2PS. The second kappa shape index (κ2) is 15.0. The molecule has 0 aliphatic heterocycles. The third-order valence-electron chi connectivity index (χ3n) is 2.52. The molecule has 5 heteroatoms. The van der Waals surface area contributed by atoms with E-state index in [1.54, 1.807) is 0 Å². The van der Waals surface area contributed by atoms with Crippen LogP contribution in [0.2, 0.25) is 9.62 Å². The van der Waals surface area contributed by atoms with E-state index in [2.05, 4.69) is 6.92 Å². The SMILES string of the molecule is CCCCCCC[CH2][Mo][CH2]CCCSP(=O)=O. The molecule has 0 aromatic rings.